The van der Waals surface area contributed by atoms with Crippen LogP contribution in [0.2, 0.25) is 5.02 Å². The van der Waals surface area contributed by atoms with Crippen LogP contribution in [0.1, 0.15) is 29.8 Å². The Morgan fingerprint density at radius 2 is 2.26 bits per heavy atom. The normalized spacial score (nSPS) is 10.7. The summed E-state index contributed by atoms with van der Waals surface area (Å²) in [7, 11) is 0. The Kier molecular flexibility index (Phi) is 3.80. The van der Waals surface area contributed by atoms with E-state index in [4.69, 9.17) is 16.7 Å². The fourth-order valence-corrected chi connectivity index (χ4v) is 1.86. The Bertz CT molecular complexity index is 627. The maximum atomic E-state index is 13.3. The van der Waals surface area contributed by atoms with Gasteiger partial charge in [0.05, 0.1) is 10.7 Å². The van der Waals surface area contributed by atoms with Crippen LogP contribution in [0.4, 0.5) is 4.39 Å². The Morgan fingerprint density at radius 1 is 1.53 bits per heavy atom. The van der Waals surface area contributed by atoms with Crippen molar-refractivity contribution in [3.05, 3.63) is 40.7 Å². The van der Waals surface area contributed by atoms with E-state index in [1.165, 1.54) is 22.9 Å². The number of hydrogen-bond acceptors (Lipinski definition) is 3. The molecule has 1 heterocycles. The quantitative estimate of drug-likeness (QED) is 0.937. The van der Waals surface area contributed by atoms with E-state index in [1.807, 2.05) is 6.92 Å². The van der Waals surface area contributed by atoms with Crippen molar-refractivity contribution in [2.24, 2.45) is 0 Å². The van der Waals surface area contributed by atoms with Gasteiger partial charge < -0.3 is 5.11 Å². The lowest BCUT2D eigenvalue weighted by Gasteiger charge is -2.07. The molecule has 0 bridgehead atoms. The fourth-order valence-electron chi connectivity index (χ4n) is 1.66. The van der Waals surface area contributed by atoms with E-state index in [0.29, 0.717) is 12.2 Å². The van der Waals surface area contributed by atoms with Crippen molar-refractivity contribution in [3.63, 3.8) is 0 Å². The van der Waals surface area contributed by atoms with Crippen LogP contribution in [0.5, 0.6) is 0 Å². The SMILES string of the molecule is CCCc1nc(C(=O)O)nn1-c1cc(F)ccc1Cl. The van der Waals surface area contributed by atoms with E-state index >= 15 is 0 Å². The van der Waals surface area contributed by atoms with Gasteiger partial charge in [-0.1, -0.05) is 18.5 Å². The molecule has 1 aromatic carbocycles. The first-order chi connectivity index (χ1) is 9.02. The Balaban J connectivity index is 2.59. The molecule has 1 N–H and O–H groups in total. The molecular weight excluding hydrogens is 273 g/mol. The summed E-state index contributed by atoms with van der Waals surface area (Å²) in [5.41, 5.74) is 0.283. The third-order valence-electron chi connectivity index (χ3n) is 2.48. The smallest absolute Gasteiger partial charge is 0.375 e. The summed E-state index contributed by atoms with van der Waals surface area (Å²) >= 11 is 5.99. The van der Waals surface area contributed by atoms with Crippen LogP contribution >= 0.6 is 11.6 Å². The van der Waals surface area contributed by atoms with Crippen LogP contribution in [0.15, 0.2) is 18.2 Å². The van der Waals surface area contributed by atoms with Crippen LogP contribution in [0.25, 0.3) is 5.69 Å². The predicted octanol–water partition coefficient (Wildman–Crippen LogP) is 2.71. The maximum absolute atomic E-state index is 13.3. The summed E-state index contributed by atoms with van der Waals surface area (Å²) in [5.74, 6) is -1.60. The molecule has 0 aliphatic carbocycles. The van der Waals surface area contributed by atoms with Gasteiger partial charge in [0.25, 0.3) is 5.82 Å². The van der Waals surface area contributed by atoms with E-state index in [0.717, 1.165) is 6.42 Å². The largest absolute Gasteiger partial charge is 0.475 e. The first kappa shape index (κ1) is 13.5. The number of carboxylic acids is 1. The number of aromatic carboxylic acids is 1. The summed E-state index contributed by atoms with van der Waals surface area (Å²) in [5, 5.41) is 13.0. The van der Waals surface area contributed by atoms with E-state index in [-0.39, 0.29) is 16.5 Å². The monoisotopic (exact) mass is 283 g/mol. The average Bonchev–Trinajstić information content (AvgIpc) is 2.77. The number of carboxylic acid groups (broad SMARTS) is 1. The second kappa shape index (κ2) is 5.36. The second-order valence-electron chi connectivity index (χ2n) is 3.91. The van der Waals surface area contributed by atoms with Crippen LogP contribution in [-0.4, -0.2) is 25.8 Å². The minimum absolute atomic E-state index is 0.278. The molecule has 0 fully saturated rings. The average molecular weight is 284 g/mol. The Morgan fingerprint density at radius 3 is 2.89 bits per heavy atom. The number of aromatic nitrogens is 3. The van der Waals surface area contributed by atoms with E-state index in [1.54, 1.807) is 0 Å². The van der Waals surface area contributed by atoms with Gasteiger partial charge in [0.1, 0.15) is 11.6 Å². The molecule has 0 saturated heterocycles. The number of carbonyl (C=O) groups is 1. The van der Waals surface area contributed by atoms with E-state index in [2.05, 4.69) is 10.1 Å². The summed E-state index contributed by atoms with van der Waals surface area (Å²) in [6, 6.07) is 3.81. The number of nitrogens with zero attached hydrogens (tertiary/aromatic N) is 3. The molecule has 0 radical (unpaired) electrons. The van der Waals surface area contributed by atoms with Gasteiger partial charge in [-0.25, -0.2) is 18.9 Å². The molecule has 0 aliphatic heterocycles. The first-order valence-electron chi connectivity index (χ1n) is 5.67. The zero-order valence-corrected chi connectivity index (χ0v) is 10.9. The van der Waals surface area contributed by atoms with Gasteiger partial charge in [0.15, 0.2) is 0 Å². The van der Waals surface area contributed by atoms with Gasteiger partial charge in [-0.2, -0.15) is 0 Å². The van der Waals surface area contributed by atoms with Gasteiger partial charge >= 0.3 is 5.97 Å². The first-order valence-corrected chi connectivity index (χ1v) is 6.05. The molecule has 19 heavy (non-hydrogen) atoms. The van der Waals surface area contributed by atoms with Crippen molar-refractivity contribution in [3.8, 4) is 5.69 Å². The number of hydrogen-bond donors (Lipinski definition) is 1. The Hall–Kier alpha value is -1.95. The molecule has 0 saturated carbocycles. The van der Waals surface area contributed by atoms with Gasteiger partial charge in [-0.3, -0.25) is 0 Å². The van der Waals surface area contributed by atoms with Crippen molar-refractivity contribution in [2.75, 3.05) is 0 Å². The molecule has 0 unspecified atom stereocenters. The maximum Gasteiger partial charge on any atom is 0.375 e. The van der Waals surface area contributed by atoms with Crippen LogP contribution < -0.4 is 0 Å². The third-order valence-corrected chi connectivity index (χ3v) is 2.80. The minimum Gasteiger partial charge on any atom is -0.475 e. The summed E-state index contributed by atoms with van der Waals surface area (Å²) in [6.45, 7) is 1.92. The Labute approximate surface area is 113 Å². The molecule has 7 heteroatoms. The summed E-state index contributed by atoms with van der Waals surface area (Å²) in [4.78, 5) is 14.8. The summed E-state index contributed by atoms with van der Waals surface area (Å²) in [6.07, 6.45) is 1.28. The molecule has 1 aromatic heterocycles. The number of halogens is 2. The van der Waals surface area contributed by atoms with E-state index < -0.39 is 11.8 Å². The highest BCUT2D eigenvalue weighted by molar-refractivity contribution is 6.32. The molecule has 0 spiro atoms. The van der Waals surface area contributed by atoms with Gasteiger partial charge in [-0.05, 0) is 18.6 Å². The highest BCUT2D eigenvalue weighted by atomic mass is 35.5. The fraction of sp³-hybridized carbons (Fsp3) is 0.250. The molecule has 5 nitrogen and oxygen atoms in total. The molecule has 2 rings (SSSR count). The molecule has 0 aliphatic rings. The number of rotatable bonds is 4. The lowest BCUT2D eigenvalue weighted by Crippen LogP contribution is -2.05. The number of benzene rings is 1. The molecule has 100 valence electrons. The predicted molar refractivity (Wildman–Crippen MR) is 67.3 cm³/mol. The van der Waals surface area contributed by atoms with Gasteiger partial charge in [0, 0.05) is 12.5 Å². The molecule has 2 aromatic rings. The highest BCUT2D eigenvalue weighted by Gasteiger charge is 2.17. The standard InChI is InChI=1S/C12H11ClFN3O2/c1-2-3-10-15-11(12(18)19)16-17(10)9-6-7(14)4-5-8(9)13/h4-6H,2-3H2,1H3,(H,18,19). The zero-order valence-electron chi connectivity index (χ0n) is 10.1. The van der Waals surface area contributed by atoms with Crippen molar-refractivity contribution in [2.45, 2.75) is 19.8 Å². The van der Waals surface area contributed by atoms with Crippen molar-refractivity contribution in [1.29, 1.82) is 0 Å². The van der Waals surface area contributed by atoms with Crippen molar-refractivity contribution >= 4 is 17.6 Å². The van der Waals surface area contributed by atoms with E-state index in [9.17, 15) is 9.18 Å². The molecular formula is C12H11ClFN3O2. The summed E-state index contributed by atoms with van der Waals surface area (Å²) < 4.78 is 14.6. The van der Waals surface area contributed by atoms with Crippen LogP contribution in [0.3, 0.4) is 0 Å². The van der Waals surface area contributed by atoms with Crippen LogP contribution in [0, 0.1) is 5.82 Å². The topological polar surface area (TPSA) is 68.0 Å². The highest BCUT2D eigenvalue weighted by Crippen LogP contribution is 2.22. The zero-order chi connectivity index (χ0) is 14.0. The van der Waals surface area contributed by atoms with Gasteiger partial charge in [-0.15, -0.1) is 5.10 Å². The third kappa shape index (κ3) is 2.73. The van der Waals surface area contributed by atoms with Crippen molar-refractivity contribution < 1.29 is 14.3 Å². The minimum atomic E-state index is -1.23. The lowest BCUT2D eigenvalue weighted by molar-refractivity contribution is 0.0683. The van der Waals surface area contributed by atoms with Crippen molar-refractivity contribution in [1.82, 2.24) is 14.8 Å². The lowest BCUT2D eigenvalue weighted by atomic mass is 10.3. The van der Waals surface area contributed by atoms with Gasteiger partial charge in [0.2, 0.25) is 0 Å². The molecule has 0 amide bonds. The molecule has 0 atom stereocenters. The number of aryl methyl sites for hydroxylation is 1. The van der Waals surface area contributed by atoms with Crippen LogP contribution in [-0.2, 0) is 6.42 Å². The second-order valence-corrected chi connectivity index (χ2v) is 4.32.